The van der Waals surface area contributed by atoms with E-state index in [4.69, 9.17) is 0 Å². The zero-order valence-corrected chi connectivity index (χ0v) is 9.17. The molecule has 3 aromatic rings. The van der Waals surface area contributed by atoms with Crippen LogP contribution >= 0.6 is 0 Å². The van der Waals surface area contributed by atoms with E-state index < -0.39 is 7.12 Å². The molecular formula is C14H11BO2. The highest BCUT2D eigenvalue weighted by Gasteiger charge is 2.14. The van der Waals surface area contributed by atoms with Crippen molar-refractivity contribution in [2.24, 2.45) is 0 Å². The molecule has 2 nitrogen and oxygen atoms in total. The van der Waals surface area contributed by atoms with E-state index in [1.165, 1.54) is 0 Å². The van der Waals surface area contributed by atoms with Gasteiger partial charge in [-0.05, 0) is 39.1 Å². The molecule has 17 heavy (non-hydrogen) atoms. The molecular weight excluding hydrogens is 211 g/mol. The Morgan fingerprint density at radius 3 is 2.06 bits per heavy atom. The number of hydrogen-bond acceptors (Lipinski definition) is 2. The summed E-state index contributed by atoms with van der Waals surface area (Å²) in [7, 11) is -1.43. The molecule has 0 atom stereocenters. The Morgan fingerprint density at radius 2 is 1.35 bits per heavy atom. The van der Waals surface area contributed by atoms with E-state index >= 15 is 0 Å². The molecule has 0 amide bonds. The highest BCUT2D eigenvalue weighted by molar-refractivity contribution is 6.62. The third kappa shape index (κ3) is 1.70. The molecule has 0 aliphatic heterocycles. The van der Waals surface area contributed by atoms with Crippen molar-refractivity contribution in [3.8, 4) is 0 Å². The van der Waals surface area contributed by atoms with Crippen LogP contribution in [0.15, 0.2) is 54.6 Å². The summed E-state index contributed by atoms with van der Waals surface area (Å²) in [5.74, 6) is 0. The molecule has 0 radical (unpaired) electrons. The molecule has 3 heteroatoms. The summed E-state index contributed by atoms with van der Waals surface area (Å²) in [6, 6.07) is 17.7. The van der Waals surface area contributed by atoms with Gasteiger partial charge in [-0.15, -0.1) is 0 Å². The Kier molecular flexibility index (Phi) is 2.36. The third-order valence-corrected chi connectivity index (χ3v) is 3.06. The topological polar surface area (TPSA) is 40.5 Å². The van der Waals surface area contributed by atoms with Crippen LogP contribution in [0.1, 0.15) is 0 Å². The van der Waals surface area contributed by atoms with Crippen LogP contribution in [0.4, 0.5) is 0 Å². The molecule has 0 aliphatic rings. The van der Waals surface area contributed by atoms with Crippen LogP contribution in [0.3, 0.4) is 0 Å². The van der Waals surface area contributed by atoms with Crippen molar-refractivity contribution in [3.63, 3.8) is 0 Å². The van der Waals surface area contributed by atoms with Gasteiger partial charge in [0, 0.05) is 0 Å². The van der Waals surface area contributed by atoms with Gasteiger partial charge >= 0.3 is 7.12 Å². The Hall–Kier alpha value is -1.84. The maximum Gasteiger partial charge on any atom is 0.489 e. The zero-order valence-electron chi connectivity index (χ0n) is 9.17. The predicted molar refractivity (Wildman–Crippen MR) is 71.3 cm³/mol. The minimum absolute atomic E-state index is 0.549. The lowest BCUT2D eigenvalue weighted by atomic mass is 9.77. The van der Waals surface area contributed by atoms with Crippen molar-refractivity contribution in [1.82, 2.24) is 0 Å². The van der Waals surface area contributed by atoms with E-state index in [1.54, 1.807) is 6.07 Å². The SMILES string of the molecule is OB(O)c1cccc2cc3ccccc3cc12. The molecule has 0 aromatic heterocycles. The lowest BCUT2D eigenvalue weighted by Crippen LogP contribution is -2.30. The molecule has 2 N–H and O–H groups in total. The van der Waals surface area contributed by atoms with Gasteiger partial charge in [-0.1, -0.05) is 42.5 Å². The van der Waals surface area contributed by atoms with Crippen LogP contribution in [0, 0.1) is 0 Å². The normalized spacial score (nSPS) is 10.9. The summed E-state index contributed by atoms with van der Waals surface area (Å²) in [6.07, 6.45) is 0. The van der Waals surface area contributed by atoms with Gasteiger partial charge in [-0.25, -0.2) is 0 Å². The van der Waals surface area contributed by atoms with Crippen LogP contribution in [0.25, 0.3) is 21.5 Å². The summed E-state index contributed by atoms with van der Waals surface area (Å²) in [6.45, 7) is 0. The first-order chi connectivity index (χ1) is 8.25. The molecule has 0 saturated heterocycles. The monoisotopic (exact) mass is 222 g/mol. The second kappa shape index (κ2) is 3.88. The second-order valence-electron chi connectivity index (χ2n) is 4.14. The van der Waals surface area contributed by atoms with Gasteiger partial charge in [0.15, 0.2) is 0 Å². The quantitative estimate of drug-likeness (QED) is 0.485. The summed E-state index contributed by atoms with van der Waals surface area (Å²) in [4.78, 5) is 0. The molecule has 0 spiro atoms. The Labute approximate surface area is 99.3 Å². The minimum Gasteiger partial charge on any atom is -0.423 e. The van der Waals surface area contributed by atoms with Crippen molar-refractivity contribution in [2.75, 3.05) is 0 Å². The maximum absolute atomic E-state index is 9.35. The van der Waals surface area contributed by atoms with Gasteiger partial charge in [-0.2, -0.15) is 0 Å². The fourth-order valence-electron chi connectivity index (χ4n) is 2.22. The summed E-state index contributed by atoms with van der Waals surface area (Å²) in [5, 5.41) is 22.9. The first kappa shape index (κ1) is 10.3. The van der Waals surface area contributed by atoms with Crippen LogP contribution in [-0.4, -0.2) is 17.2 Å². The molecule has 0 heterocycles. The lowest BCUT2D eigenvalue weighted by molar-refractivity contribution is 0.426. The van der Waals surface area contributed by atoms with Gasteiger partial charge in [0.05, 0.1) is 0 Å². The molecule has 82 valence electrons. The van der Waals surface area contributed by atoms with Gasteiger partial charge < -0.3 is 10.0 Å². The fraction of sp³-hybridized carbons (Fsp3) is 0. The highest BCUT2D eigenvalue weighted by Crippen LogP contribution is 2.21. The molecule has 0 unspecified atom stereocenters. The average Bonchev–Trinajstić information content (AvgIpc) is 2.35. The van der Waals surface area contributed by atoms with Crippen molar-refractivity contribution >= 4 is 34.1 Å². The number of fused-ring (bicyclic) bond motifs is 2. The molecule has 0 saturated carbocycles. The summed E-state index contributed by atoms with van der Waals surface area (Å²) in [5.41, 5.74) is 0.549. The standard InChI is InChI=1S/C14H11BO2/c16-15(17)14-7-3-6-12-8-10-4-1-2-5-11(10)9-13(12)14/h1-9,16-17H. The Bertz CT molecular complexity index is 692. The molecule has 3 aromatic carbocycles. The van der Waals surface area contributed by atoms with E-state index in [0.29, 0.717) is 5.46 Å². The van der Waals surface area contributed by atoms with Crippen molar-refractivity contribution in [2.45, 2.75) is 0 Å². The van der Waals surface area contributed by atoms with Gasteiger partial charge in [0.2, 0.25) is 0 Å². The third-order valence-electron chi connectivity index (χ3n) is 3.06. The van der Waals surface area contributed by atoms with E-state index in [0.717, 1.165) is 21.5 Å². The Morgan fingerprint density at radius 1 is 0.706 bits per heavy atom. The molecule has 3 rings (SSSR count). The lowest BCUT2D eigenvalue weighted by Gasteiger charge is -2.07. The maximum atomic E-state index is 9.35. The first-order valence-corrected chi connectivity index (χ1v) is 5.53. The number of benzene rings is 3. The van der Waals surface area contributed by atoms with Gasteiger partial charge in [0.1, 0.15) is 0 Å². The van der Waals surface area contributed by atoms with Crippen molar-refractivity contribution < 1.29 is 10.0 Å². The highest BCUT2D eigenvalue weighted by atomic mass is 16.4. The van der Waals surface area contributed by atoms with E-state index in [9.17, 15) is 10.0 Å². The van der Waals surface area contributed by atoms with Crippen LogP contribution in [0.2, 0.25) is 0 Å². The van der Waals surface area contributed by atoms with Crippen molar-refractivity contribution in [1.29, 1.82) is 0 Å². The van der Waals surface area contributed by atoms with E-state index in [-0.39, 0.29) is 0 Å². The van der Waals surface area contributed by atoms with Crippen LogP contribution in [0.5, 0.6) is 0 Å². The largest absolute Gasteiger partial charge is 0.489 e. The summed E-state index contributed by atoms with van der Waals surface area (Å²) < 4.78 is 0. The van der Waals surface area contributed by atoms with Crippen LogP contribution < -0.4 is 5.46 Å². The minimum atomic E-state index is -1.43. The van der Waals surface area contributed by atoms with Gasteiger partial charge in [-0.3, -0.25) is 0 Å². The average molecular weight is 222 g/mol. The van der Waals surface area contributed by atoms with Crippen molar-refractivity contribution in [3.05, 3.63) is 54.6 Å². The second-order valence-corrected chi connectivity index (χ2v) is 4.14. The zero-order chi connectivity index (χ0) is 11.8. The molecule has 0 fully saturated rings. The number of hydrogen-bond donors (Lipinski definition) is 2. The molecule has 0 bridgehead atoms. The predicted octanol–water partition coefficient (Wildman–Crippen LogP) is 1.67. The van der Waals surface area contributed by atoms with E-state index in [2.05, 4.69) is 12.1 Å². The number of rotatable bonds is 1. The Balaban J connectivity index is 2.43. The van der Waals surface area contributed by atoms with Crippen LogP contribution in [-0.2, 0) is 0 Å². The summed E-state index contributed by atoms with van der Waals surface area (Å²) >= 11 is 0. The van der Waals surface area contributed by atoms with E-state index in [1.807, 2.05) is 36.4 Å². The fourth-order valence-corrected chi connectivity index (χ4v) is 2.22. The molecule has 0 aliphatic carbocycles. The first-order valence-electron chi connectivity index (χ1n) is 5.53. The van der Waals surface area contributed by atoms with Gasteiger partial charge in [0.25, 0.3) is 0 Å². The smallest absolute Gasteiger partial charge is 0.423 e.